The Hall–Kier alpha value is -2.69. The summed E-state index contributed by atoms with van der Waals surface area (Å²) in [7, 11) is 1.63. The maximum Gasteiger partial charge on any atom is 0.227 e. The number of methoxy groups -OCH3 is 1. The van der Waals surface area contributed by atoms with E-state index < -0.39 is 6.04 Å². The van der Waals surface area contributed by atoms with E-state index in [4.69, 9.17) is 4.74 Å². The number of likely N-dealkylation sites (tertiary alicyclic amines) is 1. The normalized spacial score (nSPS) is 20.8. The van der Waals surface area contributed by atoms with Gasteiger partial charge < -0.3 is 9.64 Å². The SMILES string of the molecule is COc1ccc(CN2C(=O)C(C(C)C)CCCC(=O)C2c2cccnc2)cc1. The molecule has 1 aromatic carbocycles. The number of nitrogens with zero attached hydrogens (tertiary/aromatic N) is 2. The third-order valence-electron chi connectivity index (χ3n) is 5.47. The number of hydrogen-bond acceptors (Lipinski definition) is 4. The van der Waals surface area contributed by atoms with E-state index in [9.17, 15) is 9.59 Å². The van der Waals surface area contributed by atoms with E-state index in [0.717, 1.165) is 29.7 Å². The second-order valence-corrected chi connectivity index (χ2v) is 7.71. The molecule has 2 aromatic rings. The van der Waals surface area contributed by atoms with E-state index in [1.807, 2.05) is 36.4 Å². The number of aromatic nitrogens is 1. The van der Waals surface area contributed by atoms with Crippen LogP contribution in [0.4, 0.5) is 0 Å². The van der Waals surface area contributed by atoms with Crippen LogP contribution in [0.3, 0.4) is 0 Å². The molecule has 0 radical (unpaired) electrons. The molecule has 1 fully saturated rings. The molecule has 1 saturated heterocycles. The van der Waals surface area contributed by atoms with Gasteiger partial charge in [-0.05, 0) is 42.5 Å². The highest BCUT2D eigenvalue weighted by atomic mass is 16.5. The second-order valence-electron chi connectivity index (χ2n) is 7.71. The molecule has 1 amide bonds. The zero-order valence-corrected chi connectivity index (χ0v) is 16.8. The smallest absolute Gasteiger partial charge is 0.227 e. The molecule has 3 rings (SSSR count). The lowest BCUT2D eigenvalue weighted by Gasteiger charge is -2.37. The van der Waals surface area contributed by atoms with Gasteiger partial charge >= 0.3 is 0 Å². The number of ketones is 1. The summed E-state index contributed by atoms with van der Waals surface area (Å²) in [5, 5.41) is 0. The zero-order chi connectivity index (χ0) is 20.1. The van der Waals surface area contributed by atoms with Crippen molar-refractivity contribution in [3.8, 4) is 5.75 Å². The first-order chi connectivity index (χ1) is 13.5. The number of ether oxygens (including phenoxy) is 1. The number of carbonyl (C=O) groups is 2. The number of Topliss-reactive ketones (excluding diaryl/α,β-unsaturated/α-hetero) is 1. The molecular formula is C23H28N2O3. The number of rotatable bonds is 5. The number of amides is 1. The van der Waals surface area contributed by atoms with Crippen LogP contribution in [0.15, 0.2) is 48.8 Å². The van der Waals surface area contributed by atoms with Crippen LogP contribution in [-0.2, 0) is 16.1 Å². The first kappa shape index (κ1) is 20.1. The summed E-state index contributed by atoms with van der Waals surface area (Å²) in [5.41, 5.74) is 1.75. The van der Waals surface area contributed by atoms with Gasteiger partial charge in [0.15, 0.2) is 5.78 Å². The van der Waals surface area contributed by atoms with E-state index in [1.165, 1.54) is 0 Å². The Kier molecular flexibility index (Phi) is 6.45. The predicted octanol–water partition coefficient (Wildman–Crippen LogP) is 4.19. The van der Waals surface area contributed by atoms with E-state index in [0.29, 0.717) is 13.0 Å². The Morgan fingerprint density at radius 3 is 2.54 bits per heavy atom. The topological polar surface area (TPSA) is 59.5 Å². The van der Waals surface area contributed by atoms with Crippen LogP contribution in [0, 0.1) is 11.8 Å². The van der Waals surface area contributed by atoms with Gasteiger partial charge in [0, 0.05) is 36.8 Å². The summed E-state index contributed by atoms with van der Waals surface area (Å²) in [4.78, 5) is 32.5. The zero-order valence-electron chi connectivity index (χ0n) is 16.8. The quantitative estimate of drug-likeness (QED) is 0.781. The lowest BCUT2D eigenvalue weighted by atomic mass is 9.84. The van der Waals surface area contributed by atoms with Crippen LogP contribution in [0.25, 0.3) is 0 Å². The molecule has 1 aliphatic heterocycles. The Balaban J connectivity index is 2.00. The summed E-state index contributed by atoms with van der Waals surface area (Å²) >= 11 is 0. The van der Waals surface area contributed by atoms with Crippen molar-refractivity contribution in [2.75, 3.05) is 7.11 Å². The fourth-order valence-electron chi connectivity index (χ4n) is 3.89. The molecule has 2 atom stereocenters. The van der Waals surface area contributed by atoms with Gasteiger partial charge in [-0.15, -0.1) is 0 Å². The van der Waals surface area contributed by atoms with Gasteiger partial charge in [-0.1, -0.05) is 32.0 Å². The van der Waals surface area contributed by atoms with Crippen LogP contribution >= 0.6 is 0 Å². The summed E-state index contributed by atoms with van der Waals surface area (Å²) in [6, 6.07) is 10.8. The average molecular weight is 380 g/mol. The van der Waals surface area contributed by atoms with E-state index in [-0.39, 0.29) is 23.5 Å². The van der Waals surface area contributed by atoms with E-state index in [2.05, 4.69) is 18.8 Å². The van der Waals surface area contributed by atoms with Gasteiger partial charge in [-0.2, -0.15) is 0 Å². The minimum absolute atomic E-state index is 0.0488. The van der Waals surface area contributed by atoms with Crippen LogP contribution in [0.5, 0.6) is 5.75 Å². The maximum absolute atomic E-state index is 13.5. The molecule has 5 nitrogen and oxygen atoms in total. The molecule has 28 heavy (non-hydrogen) atoms. The van der Waals surface area contributed by atoms with Crippen molar-refractivity contribution in [1.29, 1.82) is 0 Å². The minimum atomic E-state index is -0.593. The molecule has 148 valence electrons. The predicted molar refractivity (Wildman–Crippen MR) is 108 cm³/mol. The number of carbonyl (C=O) groups excluding carboxylic acids is 2. The van der Waals surface area contributed by atoms with Gasteiger partial charge in [-0.25, -0.2) is 0 Å². The average Bonchev–Trinajstić information content (AvgIpc) is 2.70. The van der Waals surface area contributed by atoms with Crippen LogP contribution < -0.4 is 4.74 Å². The summed E-state index contributed by atoms with van der Waals surface area (Å²) in [6.07, 6.45) is 5.36. The Bertz CT molecular complexity index is 802. The molecule has 0 spiro atoms. The van der Waals surface area contributed by atoms with Crippen LogP contribution in [0.2, 0.25) is 0 Å². The summed E-state index contributed by atoms with van der Waals surface area (Å²) in [6.45, 7) is 4.55. The first-order valence-corrected chi connectivity index (χ1v) is 9.87. The largest absolute Gasteiger partial charge is 0.497 e. The minimum Gasteiger partial charge on any atom is -0.497 e. The van der Waals surface area contributed by atoms with Gasteiger partial charge in [0.05, 0.1) is 7.11 Å². The molecule has 5 heteroatoms. The van der Waals surface area contributed by atoms with E-state index >= 15 is 0 Å². The van der Waals surface area contributed by atoms with Crippen molar-refractivity contribution in [3.05, 3.63) is 59.9 Å². The Labute approximate surface area is 166 Å². The standard InChI is InChI=1S/C23H28N2O3/c1-16(2)20-7-4-8-21(26)22(18-6-5-13-24-14-18)25(23(20)27)15-17-9-11-19(28-3)12-10-17/h5-6,9-14,16,20,22H,4,7-8,15H2,1-3H3. The summed E-state index contributed by atoms with van der Waals surface area (Å²) in [5.74, 6) is 1.05. The molecule has 1 aromatic heterocycles. The monoisotopic (exact) mass is 380 g/mol. The lowest BCUT2D eigenvalue weighted by Crippen LogP contribution is -2.44. The molecule has 2 heterocycles. The van der Waals surface area contributed by atoms with Crippen molar-refractivity contribution in [2.24, 2.45) is 11.8 Å². The van der Waals surface area contributed by atoms with Crippen molar-refractivity contribution in [1.82, 2.24) is 9.88 Å². The highest BCUT2D eigenvalue weighted by Gasteiger charge is 2.37. The molecule has 2 unspecified atom stereocenters. The first-order valence-electron chi connectivity index (χ1n) is 9.87. The van der Waals surface area contributed by atoms with Crippen molar-refractivity contribution < 1.29 is 14.3 Å². The Morgan fingerprint density at radius 1 is 1.18 bits per heavy atom. The molecule has 0 N–H and O–H groups in total. The van der Waals surface area contributed by atoms with Crippen LogP contribution in [-0.4, -0.2) is 28.7 Å². The second kappa shape index (κ2) is 9.00. The van der Waals surface area contributed by atoms with Gasteiger partial charge in [-0.3, -0.25) is 14.6 Å². The Morgan fingerprint density at radius 2 is 1.93 bits per heavy atom. The van der Waals surface area contributed by atoms with Gasteiger partial charge in [0.25, 0.3) is 0 Å². The number of benzene rings is 1. The third-order valence-corrected chi connectivity index (χ3v) is 5.47. The van der Waals surface area contributed by atoms with Crippen molar-refractivity contribution in [3.63, 3.8) is 0 Å². The van der Waals surface area contributed by atoms with Crippen molar-refractivity contribution >= 4 is 11.7 Å². The molecule has 0 saturated carbocycles. The highest BCUT2D eigenvalue weighted by molar-refractivity contribution is 5.91. The van der Waals surface area contributed by atoms with E-state index in [1.54, 1.807) is 24.4 Å². The fourth-order valence-corrected chi connectivity index (χ4v) is 3.89. The molecule has 0 aliphatic carbocycles. The molecule has 1 aliphatic rings. The highest BCUT2D eigenvalue weighted by Crippen LogP contribution is 2.33. The summed E-state index contributed by atoms with van der Waals surface area (Å²) < 4.78 is 5.23. The number of pyridine rings is 1. The number of hydrogen-bond donors (Lipinski definition) is 0. The van der Waals surface area contributed by atoms with Crippen molar-refractivity contribution in [2.45, 2.75) is 45.7 Å². The maximum atomic E-state index is 13.5. The van der Waals surface area contributed by atoms with Gasteiger partial charge in [0.2, 0.25) is 5.91 Å². The fraction of sp³-hybridized carbons (Fsp3) is 0.435. The molecule has 0 bridgehead atoms. The third kappa shape index (κ3) is 4.41. The lowest BCUT2D eigenvalue weighted by molar-refractivity contribution is -0.147. The van der Waals surface area contributed by atoms with Gasteiger partial charge in [0.1, 0.15) is 11.8 Å². The van der Waals surface area contributed by atoms with Crippen LogP contribution in [0.1, 0.15) is 50.3 Å². The molecular weight excluding hydrogens is 352 g/mol.